The maximum atomic E-state index is 12.5. The second-order valence-corrected chi connectivity index (χ2v) is 5.98. The van der Waals surface area contributed by atoms with Gasteiger partial charge < -0.3 is 4.42 Å². The molecule has 2 nitrogen and oxygen atoms in total. The predicted octanol–water partition coefficient (Wildman–Crippen LogP) is 4.75. The number of carbonyl (C=O) groups is 1. The molecule has 1 aliphatic rings. The van der Waals surface area contributed by atoms with Crippen LogP contribution in [0.4, 0.5) is 0 Å². The molecule has 2 unspecified atom stereocenters. The first-order valence-electron chi connectivity index (χ1n) is 7.18. The molecule has 1 saturated carbocycles. The second-order valence-electron chi connectivity index (χ2n) is 5.98. The number of benzene rings is 1. The summed E-state index contributed by atoms with van der Waals surface area (Å²) in [6.45, 7) is 4.29. The molecule has 0 bridgehead atoms. The van der Waals surface area contributed by atoms with E-state index in [1.165, 1.54) is 12.0 Å². The van der Waals surface area contributed by atoms with Crippen LogP contribution in [0.2, 0.25) is 0 Å². The first kappa shape index (κ1) is 12.5. The molecule has 0 saturated heterocycles. The topological polar surface area (TPSA) is 30.2 Å². The summed E-state index contributed by atoms with van der Waals surface area (Å²) in [5.74, 6) is 1.56. The lowest BCUT2D eigenvalue weighted by Crippen LogP contribution is -2.21. The van der Waals surface area contributed by atoms with Crippen molar-refractivity contribution in [2.75, 3.05) is 0 Å². The average Bonchev–Trinajstić information content (AvgIpc) is 2.80. The molecule has 3 rings (SSSR count). The van der Waals surface area contributed by atoms with E-state index in [0.29, 0.717) is 11.7 Å². The number of rotatable bonds is 2. The van der Waals surface area contributed by atoms with Gasteiger partial charge in [-0.25, -0.2) is 0 Å². The van der Waals surface area contributed by atoms with Crippen molar-refractivity contribution >= 4 is 16.8 Å². The van der Waals surface area contributed by atoms with Crippen LogP contribution in [0.3, 0.4) is 0 Å². The lowest BCUT2D eigenvalue weighted by Gasteiger charge is -2.24. The molecule has 1 aromatic carbocycles. The third kappa shape index (κ3) is 2.44. The molecule has 2 heteroatoms. The van der Waals surface area contributed by atoms with Gasteiger partial charge in [0.15, 0.2) is 5.76 Å². The molecule has 0 N–H and O–H groups in total. The minimum atomic E-state index is 0.158. The minimum absolute atomic E-state index is 0.158. The van der Waals surface area contributed by atoms with Crippen LogP contribution in [0.15, 0.2) is 28.7 Å². The summed E-state index contributed by atoms with van der Waals surface area (Å²) in [5, 5.41) is 1.03. The number of furan rings is 1. The molecule has 2 atom stereocenters. The molecule has 0 amide bonds. The van der Waals surface area contributed by atoms with Crippen molar-refractivity contribution in [2.24, 2.45) is 11.8 Å². The number of hydrogen-bond donors (Lipinski definition) is 0. The van der Waals surface area contributed by atoms with Crippen LogP contribution in [-0.2, 0) is 0 Å². The number of fused-ring (bicyclic) bond motifs is 1. The fourth-order valence-corrected chi connectivity index (χ4v) is 3.16. The van der Waals surface area contributed by atoms with Gasteiger partial charge in [-0.2, -0.15) is 0 Å². The van der Waals surface area contributed by atoms with Gasteiger partial charge in [-0.05, 0) is 43.9 Å². The summed E-state index contributed by atoms with van der Waals surface area (Å²) in [5.41, 5.74) is 2.01. The number of carbonyl (C=O) groups excluding carboxylic acids is 1. The van der Waals surface area contributed by atoms with Gasteiger partial charge >= 0.3 is 0 Å². The lowest BCUT2D eigenvalue weighted by atomic mass is 9.80. The number of ketones is 1. The highest BCUT2D eigenvalue weighted by Crippen LogP contribution is 2.32. The Kier molecular flexibility index (Phi) is 3.17. The maximum Gasteiger partial charge on any atom is 0.201 e. The van der Waals surface area contributed by atoms with Crippen molar-refractivity contribution in [1.82, 2.24) is 0 Å². The number of aryl methyl sites for hydroxylation is 1. The van der Waals surface area contributed by atoms with Gasteiger partial charge in [-0.15, -0.1) is 0 Å². The smallest absolute Gasteiger partial charge is 0.201 e. The zero-order valence-corrected chi connectivity index (χ0v) is 11.6. The fraction of sp³-hybridized carbons (Fsp3) is 0.471. The molecule has 0 aliphatic heterocycles. The van der Waals surface area contributed by atoms with Crippen LogP contribution in [0, 0.1) is 18.8 Å². The van der Waals surface area contributed by atoms with Crippen LogP contribution >= 0.6 is 0 Å². The van der Waals surface area contributed by atoms with E-state index < -0.39 is 0 Å². The highest BCUT2D eigenvalue weighted by molar-refractivity contribution is 5.99. The first-order valence-corrected chi connectivity index (χ1v) is 7.18. The van der Waals surface area contributed by atoms with Crippen molar-refractivity contribution in [1.29, 1.82) is 0 Å². The van der Waals surface area contributed by atoms with Gasteiger partial charge in [0, 0.05) is 11.3 Å². The monoisotopic (exact) mass is 256 g/mol. The molecule has 1 fully saturated rings. The SMILES string of the molecule is Cc1ccc2oc(C(=O)C3CCCC(C)C3)cc2c1. The van der Waals surface area contributed by atoms with Crippen molar-refractivity contribution in [2.45, 2.75) is 39.5 Å². The van der Waals surface area contributed by atoms with E-state index in [9.17, 15) is 4.79 Å². The number of hydrogen-bond acceptors (Lipinski definition) is 2. The summed E-state index contributed by atoms with van der Waals surface area (Å²) < 4.78 is 5.72. The van der Waals surface area contributed by atoms with Gasteiger partial charge in [0.05, 0.1) is 0 Å². The third-order valence-corrected chi connectivity index (χ3v) is 4.22. The Morgan fingerprint density at radius 2 is 2.11 bits per heavy atom. The second kappa shape index (κ2) is 4.84. The largest absolute Gasteiger partial charge is 0.453 e. The zero-order chi connectivity index (χ0) is 13.4. The maximum absolute atomic E-state index is 12.5. The Morgan fingerprint density at radius 1 is 1.26 bits per heavy atom. The molecule has 0 spiro atoms. The van der Waals surface area contributed by atoms with Crippen molar-refractivity contribution in [3.63, 3.8) is 0 Å². The first-order chi connectivity index (χ1) is 9.13. The van der Waals surface area contributed by atoms with Crippen molar-refractivity contribution < 1.29 is 9.21 Å². The Hall–Kier alpha value is -1.57. The summed E-state index contributed by atoms with van der Waals surface area (Å²) in [4.78, 5) is 12.5. The van der Waals surface area contributed by atoms with Gasteiger partial charge in [0.25, 0.3) is 0 Å². The predicted molar refractivity (Wildman–Crippen MR) is 76.4 cm³/mol. The fourth-order valence-electron chi connectivity index (χ4n) is 3.16. The molecule has 100 valence electrons. The van der Waals surface area contributed by atoms with E-state index in [1.54, 1.807) is 0 Å². The van der Waals surface area contributed by atoms with Gasteiger partial charge in [0.2, 0.25) is 5.78 Å². The van der Waals surface area contributed by atoms with Gasteiger partial charge in [0.1, 0.15) is 5.58 Å². The van der Waals surface area contributed by atoms with Crippen molar-refractivity contribution in [3.05, 3.63) is 35.6 Å². The van der Waals surface area contributed by atoms with Crippen LogP contribution in [0.1, 0.15) is 48.7 Å². The van der Waals surface area contributed by atoms with Crippen LogP contribution in [0.5, 0.6) is 0 Å². The van der Waals surface area contributed by atoms with Gasteiger partial charge in [-0.3, -0.25) is 4.79 Å². The van der Waals surface area contributed by atoms with E-state index in [0.717, 1.165) is 30.2 Å². The minimum Gasteiger partial charge on any atom is -0.453 e. The van der Waals surface area contributed by atoms with Crippen LogP contribution < -0.4 is 0 Å². The standard InChI is InChI=1S/C17H20O2/c1-11-4-3-5-13(8-11)17(18)16-10-14-9-12(2)6-7-15(14)19-16/h6-7,9-11,13H,3-5,8H2,1-2H3. The highest BCUT2D eigenvalue weighted by Gasteiger charge is 2.27. The molecule has 0 radical (unpaired) electrons. The highest BCUT2D eigenvalue weighted by atomic mass is 16.3. The van der Waals surface area contributed by atoms with Crippen molar-refractivity contribution in [3.8, 4) is 0 Å². The molecule has 1 aromatic heterocycles. The third-order valence-electron chi connectivity index (χ3n) is 4.22. The Labute approximate surface area is 113 Å². The normalized spacial score (nSPS) is 23.7. The van der Waals surface area contributed by atoms with E-state index in [2.05, 4.69) is 19.9 Å². The van der Waals surface area contributed by atoms with Crippen LogP contribution in [-0.4, -0.2) is 5.78 Å². The average molecular weight is 256 g/mol. The molecule has 2 aromatic rings. The molecule has 19 heavy (non-hydrogen) atoms. The van der Waals surface area contributed by atoms with E-state index in [-0.39, 0.29) is 11.7 Å². The van der Waals surface area contributed by atoms with Gasteiger partial charge in [-0.1, -0.05) is 31.4 Å². The quantitative estimate of drug-likeness (QED) is 0.726. The number of Topliss-reactive ketones (excluding diaryl/α,β-unsaturated/α-hetero) is 1. The molecule has 1 heterocycles. The Morgan fingerprint density at radius 3 is 2.89 bits per heavy atom. The van der Waals surface area contributed by atoms with Crippen LogP contribution in [0.25, 0.3) is 11.0 Å². The molecular formula is C17H20O2. The summed E-state index contributed by atoms with van der Waals surface area (Å²) in [6, 6.07) is 7.94. The van der Waals surface area contributed by atoms with E-state index in [4.69, 9.17) is 4.42 Å². The molecule has 1 aliphatic carbocycles. The summed E-state index contributed by atoms with van der Waals surface area (Å²) in [6.07, 6.45) is 4.44. The Balaban J connectivity index is 1.88. The van der Waals surface area contributed by atoms with E-state index >= 15 is 0 Å². The lowest BCUT2D eigenvalue weighted by molar-refractivity contribution is 0.0841. The van der Waals surface area contributed by atoms with E-state index in [1.807, 2.05) is 18.2 Å². The Bertz CT molecular complexity index is 609. The summed E-state index contributed by atoms with van der Waals surface area (Å²) >= 11 is 0. The summed E-state index contributed by atoms with van der Waals surface area (Å²) in [7, 11) is 0. The zero-order valence-electron chi connectivity index (χ0n) is 11.6. The molecular weight excluding hydrogens is 236 g/mol.